The Hall–Kier alpha value is -4.72. The molecule has 4 aromatic rings. The van der Waals surface area contributed by atoms with E-state index in [1.54, 1.807) is 18.3 Å². The molecule has 1 fully saturated rings. The monoisotopic (exact) mass is 507 g/mol. The number of primary amides is 1. The van der Waals surface area contributed by atoms with Crippen LogP contribution in [0.3, 0.4) is 0 Å². The van der Waals surface area contributed by atoms with Crippen molar-refractivity contribution in [1.29, 1.82) is 0 Å². The molecule has 3 amide bonds. The van der Waals surface area contributed by atoms with Gasteiger partial charge in [0.15, 0.2) is 0 Å². The highest BCUT2D eigenvalue weighted by molar-refractivity contribution is 6.24. The van der Waals surface area contributed by atoms with Crippen molar-refractivity contribution < 1.29 is 14.4 Å². The highest BCUT2D eigenvalue weighted by atomic mass is 16.2. The minimum Gasteiger partial charge on any atom is -0.366 e. The van der Waals surface area contributed by atoms with Crippen molar-refractivity contribution in [3.63, 3.8) is 0 Å². The van der Waals surface area contributed by atoms with E-state index < -0.39 is 11.8 Å². The first-order chi connectivity index (χ1) is 18.4. The number of nitrogens with zero attached hydrogens (tertiary/aromatic N) is 2. The number of pyridine rings is 1. The normalized spacial score (nSPS) is 14.9. The Morgan fingerprint density at radius 1 is 1.05 bits per heavy atom. The predicted molar refractivity (Wildman–Crippen MR) is 149 cm³/mol. The minimum atomic E-state index is -0.521. The highest BCUT2D eigenvalue weighted by Gasteiger charge is 2.21. The molecule has 38 heavy (non-hydrogen) atoms. The van der Waals surface area contributed by atoms with Crippen LogP contribution in [0.25, 0.3) is 22.7 Å². The van der Waals surface area contributed by atoms with Crippen molar-refractivity contribution in [1.82, 2.24) is 9.97 Å². The van der Waals surface area contributed by atoms with Gasteiger partial charge in [0.2, 0.25) is 17.7 Å². The number of carbonyl (C=O) groups is 3. The number of H-pyrrole nitrogens is 1. The summed E-state index contributed by atoms with van der Waals surface area (Å²) in [5, 5.41) is 3.69. The Labute approximate surface area is 220 Å². The van der Waals surface area contributed by atoms with Crippen molar-refractivity contribution in [2.24, 2.45) is 5.73 Å². The molecule has 1 unspecified atom stereocenters. The topological polar surface area (TPSA) is 121 Å². The number of amides is 3. The quantitative estimate of drug-likeness (QED) is 0.310. The summed E-state index contributed by atoms with van der Waals surface area (Å²) in [7, 11) is 0. The van der Waals surface area contributed by atoms with E-state index in [4.69, 9.17) is 5.73 Å². The van der Waals surface area contributed by atoms with E-state index in [0.717, 1.165) is 47.2 Å². The molecule has 8 heteroatoms. The Bertz CT molecular complexity index is 1520. The lowest BCUT2D eigenvalue weighted by Crippen LogP contribution is -2.35. The van der Waals surface area contributed by atoms with Crippen LogP contribution in [0.5, 0.6) is 0 Å². The first kappa shape index (κ1) is 25.0. The molecule has 1 aliphatic heterocycles. The van der Waals surface area contributed by atoms with Gasteiger partial charge in [0.05, 0.1) is 5.92 Å². The maximum absolute atomic E-state index is 13.0. The second-order valence-corrected chi connectivity index (χ2v) is 9.43. The molecular weight excluding hydrogens is 478 g/mol. The molecule has 3 heterocycles. The number of aromatic amines is 1. The maximum Gasteiger partial charge on any atom is 0.249 e. The zero-order valence-corrected chi connectivity index (χ0v) is 21.1. The van der Waals surface area contributed by atoms with E-state index >= 15 is 0 Å². The van der Waals surface area contributed by atoms with Crippen LogP contribution >= 0.6 is 0 Å². The van der Waals surface area contributed by atoms with Crippen LogP contribution in [0.1, 0.15) is 48.8 Å². The molecule has 1 atom stereocenters. The number of hydrogen-bond acceptors (Lipinski definition) is 4. The van der Waals surface area contributed by atoms with Crippen LogP contribution < -0.4 is 16.0 Å². The van der Waals surface area contributed by atoms with E-state index in [9.17, 15) is 14.4 Å². The molecule has 0 saturated carbocycles. The van der Waals surface area contributed by atoms with Gasteiger partial charge in [-0.3, -0.25) is 14.4 Å². The number of rotatable bonds is 7. The van der Waals surface area contributed by atoms with Gasteiger partial charge in [-0.2, -0.15) is 0 Å². The van der Waals surface area contributed by atoms with Gasteiger partial charge in [-0.1, -0.05) is 42.5 Å². The van der Waals surface area contributed by atoms with Gasteiger partial charge in [0.25, 0.3) is 0 Å². The molecule has 1 saturated heterocycles. The maximum atomic E-state index is 13.0. The molecule has 0 spiro atoms. The zero-order chi connectivity index (χ0) is 26.6. The summed E-state index contributed by atoms with van der Waals surface area (Å²) in [4.78, 5) is 46.7. The number of nitrogens with one attached hydrogen (secondary N) is 2. The predicted octanol–water partition coefficient (Wildman–Crippen LogP) is 4.85. The summed E-state index contributed by atoms with van der Waals surface area (Å²) in [5.41, 5.74) is 9.83. The molecular formula is C30H29N5O3. The van der Waals surface area contributed by atoms with Gasteiger partial charge in [-0.15, -0.1) is 0 Å². The third-order valence-electron chi connectivity index (χ3n) is 6.89. The van der Waals surface area contributed by atoms with E-state index in [-0.39, 0.29) is 11.8 Å². The van der Waals surface area contributed by atoms with Crippen molar-refractivity contribution in [3.05, 3.63) is 89.6 Å². The van der Waals surface area contributed by atoms with E-state index in [1.807, 2.05) is 72.5 Å². The number of piperidine rings is 1. The van der Waals surface area contributed by atoms with Crippen LogP contribution in [-0.2, 0) is 14.4 Å². The summed E-state index contributed by atoms with van der Waals surface area (Å²) in [6.45, 7) is 2.57. The lowest BCUT2D eigenvalue weighted by Gasteiger charge is -2.27. The Morgan fingerprint density at radius 2 is 1.82 bits per heavy atom. The third kappa shape index (κ3) is 5.20. The number of benzene rings is 2. The van der Waals surface area contributed by atoms with Crippen LogP contribution in [-0.4, -0.2) is 34.2 Å². The molecule has 192 valence electrons. The van der Waals surface area contributed by atoms with Crippen LogP contribution in [0.4, 0.5) is 11.5 Å². The number of fused-ring (bicyclic) bond motifs is 1. The minimum absolute atomic E-state index is 0.144. The second-order valence-electron chi connectivity index (χ2n) is 9.43. The number of hydrogen-bond donors (Lipinski definition) is 3. The fraction of sp³-hybridized carbons (Fsp3) is 0.200. The number of aromatic nitrogens is 2. The number of nitrogens with two attached hydrogens (primary N) is 1. The number of carbonyl (C=O) groups excluding carboxylic acids is 3. The van der Waals surface area contributed by atoms with E-state index in [0.29, 0.717) is 23.5 Å². The van der Waals surface area contributed by atoms with Gasteiger partial charge in [-0.05, 0) is 61.2 Å². The van der Waals surface area contributed by atoms with Crippen LogP contribution in [0.15, 0.2) is 72.9 Å². The first-order valence-electron chi connectivity index (χ1n) is 12.7. The standard InChI is InChI=1S/C30H29N5O3/c1-19(20-10-12-23(13-11-20)35-16-6-5-9-27(35)36)30(38)34-26-15-14-24-22(18-32-29(24)33-26)17-25(28(31)37)21-7-3-2-4-8-21/h2-4,7-8,10-15,17-19H,5-6,9,16H2,1H3,(H2,31,37)(H2,32,33,34,38). The molecule has 4 N–H and O–H groups in total. The summed E-state index contributed by atoms with van der Waals surface area (Å²) in [5.74, 6) is -0.562. The Balaban J connectivity index is 1.31. The summed E-state index contributed by atoms with van der Waals surface area (Å²) < 4.78 is 0. The van der Waals surface area contributed by atoms with Crippen molar-refractivity contribution >= 4 is 51.9 Å². The summed E-state index contributed by atoms with van der Waals surface area (Å²) in [6, 6.07) is 20.4. The third-order valence-corrected chi connectivity index (χ3v) is 6.89. The number of anilines is 2. The van der Waals surface area contributed by atoms with E-state index in [1.165, 1.54) is 0 Å². The van der Waals surface area contributed by atoms with Gasteiger partial charge < -0.3 is 20.9 Å². The average Bonchev–Trinajstić information content (AvgIpc) is 3.34. The van der Waals surface area contributed by atoms with Gasteiger partial charge in [-0.25, -0.2) is 4.98 Å². The van der Waals surface area contributed by atoms with Crippen molar-refractivity contribution in [2.45, 2.75) is 32.1 Å². The lowest BCUT2D eigenvalue weighted by atomic mass is 9.99. The second kappa shape index (κ2) is 10.7. The fourth-order valence-corrected chi connectivity index (χ4v) is 4.69. The zero-order valence-electron chi connectivity index (χ0n) is 21.1. The van der Waals surface area contributed by atoms with Gasteiger partial charge >= 0.3 is 0 Å². The SMILES string of the molecule is CC(C(=O)Nc1ccc2c(C=C(C(N)=O)c3ccccc3)c[nH]c2n1)c1ccc(N2CCCCC2=O)cc1. The largest absolute Gasteiger partial charge is 0.366 e. The Kier molecular flexibility index (Phi) is 7.04. The molecule has 8 nitrogen and oxygen atoms in total. The van der Waals surface area contributed by atoms with Gasteiger partial charge in [0.1, 0.15) is 11.5 Å². The fourth-order valence-electron chi connectivity index (χ4n) is 4.69. The first-order valence-corrected chi connectivity index (χ1v) is 12.7. The van der Waals surface area contributed by atoms with E-state index in [2.05, 4.69) is 15.3 Å². The molecule has 1 aliphatic rings. The molecule has 5 rings (SSSR count). The lowest BCUT2D eigenvalue weighted by molar-refractivity contribution is -0.119. The van der Waals surface area contributed by atoms with Crippen molar-refractivity contribution in [2.75, 3.05) is 16.8 Å². The smallest absolute Gasteiger partial charge is 0.249 e. The van der Waals surface area contributed by atoms with Crippen molar-refractivity contribution in [3.8, 4) is 0 Å². The summed E-state index contributed by atoms with van der Waals surface area (Å²) in [6.07, 6.45) is 6.01. The molecule has 0 aliphatic carbocycles. The highest BCUT2D eigenvalue weighted by Crippen LogP contribution is 2.27. The van der Waals surface area contributed by atoms with Gasteiger partial charge in [0, 0.05) is 41.4 Å². The molecule has 0 bridgehead atoms. The average molecular weight is 508 g/mol. The van der Waals surface area contributed by atoms with Crippen LogP contribution in [0, 0.1) is 0 Å². The summed E-state index contributed by atoms with van der Waals surface area (Å²) >= 11 is 0. The molecule has 2 aromatic carbocycles. The molecule has 0 radical (unpaired) electrons. The van der Waals surface area contributed by atoms with Crippen LogP contribution in [0.2, 0.25) is 0 Å². The Morgan fingerprint density at radius 3 is 2.53 bits per heavy atom. The molecule has 2 aromatic heterocycles.